The fourth-order valence-electron chi connectivity index (χ4n) is 2.27. The van der Waals surface area contributed by atoms with Gasteiger partial charge in [0.05, 0.1) is 15.9 Å². The van der Waals surface area contributed by atoms with Gasteiger partial charge in [0.1, 0.15) is 10.8 Å². The van der Waals surface area contributed by atoms with Crippen molar-refractivity contribution in [2.45, 2.75) is 0 Å². The summed E-state index contributed by atoms with van der Waals surface area (Å²) in [4.78, 5) is 25.0. The highest BCUT2D eigenvalue weighted by molar-refractivity contribution is 7.13. The quantitative estimate of drug-likeness (QED) is 0.535. The molecule has 0 fully saturated rings. The highest BCUT2D eigenvalue weighted by atomic mass is 32.1. The minimum atomic E-state index is -0.192. The number of hydrogen-bond acceptors (Lipinski definition) is 5. The number of carbonyl (C=O) groups excluding carboxylic acids is 1. The lowest BCUT2D eigenvalue weighted by molar-refractivity contribution is -0.111. The van der Waals surface area contributed by atoms with Gasteiger partial charge in [-0.05, 0) is 35.7 Å². The zero-order valence-electron chi connectivity index (χ0n) is 12.4. The average molecular weight is 352 g/mol. The van der Waals surface area contributed by atoms with Gasteiger partial charge in [-0.25, -0.2) is 9.97 Å². The molecule has 0 aliphatic carbocycles. The molecule has 5 nitrogen and oxygen atoms in total. The van der Waals surface area contributed by atoms with Crippen molar-refractivity contribution in [3.05, 3.63) is 58.4 Å². The number of imidazole rings is 1. The third-order valence-corrected chi connectivity index (χ3v) is 4.95. The Hall–Kier alpha value is -2.77. The van der Waals surface area contributed by atoms with Crippen molar-refractivity contribution in [1.82, 2.24) is 15.0 Å². The van der Waals surface area contributed by atoms with Gasteiger partial charge >= 0.3 is 0 Å². The number of nitrogens with one attached hydrogen (secondary N) is 2. The maximum Gasteiger partial charge on any atom is 0.248 e. The number of aromatic nitrogens is 3. The molecule has 0 aliphatic heterocycles. The van der Waals surface area contributed by atoms with Gasteiger partial charge in [0, 0.05) is 23.3 Å². The molecule has 118 valence electrons. The molecule has 7 heteroatoms. The Balaban J connectivity index is 1.53. The predicted molar refractivity (Wildman–Crippen MR) is 99.2 cm³/mol. The number of H-pyrrole nitrogens is 1. The highest BCUT2D eigenvalue weighted by Gasteiger charge is 2.07. The molecular formula is C17H12N4OS2. The lowest BCUT2D eigenvalue weighted by Crippen LogP contribution is -2.07. The van der Waals surface area contributed by atoms with Crippen molar-refractivity contribution in [1.29, 1.82) is 0 Å². The molecular weight excluding hydrogens is 340 g/mol. The van der Waals surface area contributed by atoms with E-state index in [2.05, 4.69) is 20.3 Å². The summed E-state index contributed by atoms with van der Waals surface area (Å²) in [5.41, 5.74) is 2.48. The number of rotatable bonds is 4. The number of amides is 1. The molecule has 0 radical (unpaired) electrons. The Labute approximate surface area is 145 Å². The van der Waals surface area contributed by atoms with Crippen molar-refractivity contribution < 1.29 is 4.79 Å². The van der Waals surface area contributed by atoms with E-state index in [1.165, 1.54) is 17.4 Å². The monoisotopic (exact) mass is 352 g/mol. The van der Waals surface area contributed by atoms with Crippen LogP contribution in [-0.2, 0) is 4.79 Å². The normalized spacial score (nSPS) is 11.3. The van der Waals surface area contributed by atoms with Crippen molar-refractivity contribution in [2.24, 2.45) is 0 Å². The Morgan fingerprint density at radius 1 is 1.21 bits per heavy atom. The van der Waals surface area contributed by atoms with Gasteiger partial charge in [0.15, 0.2) is 0 Å². The summed E-state index contributed by atoms with van der Waals surface area (Å²) in [5, 5.41) is 7.53. The molecule has 24 heavy (non-hydrogen) atoms. The van der Waals surface area contributed by atoms with Crippen molar-refractivity contribution in [3.8, 4) is 10.7 Å². The molecule has 0 aliphatic rings. The molecule has 4 aromatic rings. The SMILES string of the molecule is O=C(/C=C/c1nccs1)Nc1ccc2nc(-c3cccs3)[nH]c2c1. The maximum absolute atomic E-state index is 12.0. The van der Waals surface area contributed by atoms with Gasteiger partial charge in [0.2, 0.25) is 5.91 Å². The number of anilines is 1. The number of carbonyl (C=O) groups is 1. The second-order valence-electron chi connectivity index (χ2n) is 4.99. The van der Waals surface area contributed by atoms with E-state index < -0.39 is 0 Å². The second-order valence-corrected chi connectivity index (χ2v) is 6.86. The Morgan fingerprint density at radius 3 is 2.96 bits per heavy atom. The summed E-state index contributed by atoms with van der Waals surface area (Å²) in [6.07, 6.45) is 4.89. The van der Waals surface area contributed by atoms with Crippen LogP contribution in [0.4, 0.5) is 5.69 Å². The summed E-state index contributed by atoms with van der Waals surface area (Å²) in [7, 11) is 0. The van der Waals surface area contributed by atoms with E-state index in [9.17, 15) is 4.79 Å². The van der Waals surface area contributed by atoms with Crippen LogP contribution in [0.2, 0.25) is 0 Å². The first-order chi connectivity index (χ1) is 11.8. The number of thiophene rings is 1. The third kappa shape index (κ3) is 3.12. The first kappa shape index (κ1) is 14.8. The molecule has 0 saturated carbocycles. The summed E-state index contributed by atoms with van der Waals surface area (Å²) in [5.74, 6) is 0.648. The zero-order chi connectivity index (χ0) is 16.4. The summed E-state index contributed by atoms with van der Waals surface area (Å²) >= 11 is 3.12. The van der Waals surface area contributed by atoms with Crippen molar-refractivity contribution in [3.63, 3.8) is 0 Å². The zero-order valence-corrected chi connectivity index (χ0v) is 14.0. The van der Waals surface area contributed by atoms with Gasteiger partial charge < -0.3 is 10.3 Å². The van der Waals surface area contributed by atoms with Crippen LogP contribution < -0.4 is 5.32 Å². The molecule has 1 amide bonds. The number of nitrogens with zero attached hydrogens (tertiary/aromatic N) is 2. The van der Waals surface area contributed by atoms with Crippen LogP contribution in [-0.4, -0.2) is 20.9 Å². The van der Waals surface area contributed by atoms with Crippen molar-refractivity contribution in [2.75, 3.05) is 5.32 Å². The lowest BCUT2D eigenvalue weighted by atomic mass is 10.2. The van der Waals surface area contributed by atoms with Crippen LogP contribution in [0.5, 0.6) is 0 Å². The molecule has 2 N–H and O–H groups in total. The van der Waals surface area contributed by atoms with E-state index in [1.54, 1.807) is 23.6 Å². The van der Waals surface area contributed by atoms with E-state index in [1.807, 2.05) is 41.1 Å². The Morgan fingerprint density at radius 2 is 2.17 bits per heavy atom. The molecule has 3 aromatic heterocycles. The van der Waals surface area contributed by atoms with Gasteiger partial charge in [-0.3, -0.25) is 4.79 Å². The van der Waals surface area contributed by atoms with E-state index in [0.717, 1.165) is 32.4 Å². The fourth-order valence-corrected chi connectivity index (χ4v) is 3.46. The van der Waals surface area contributed by atoms with E-state index in [4.69, 9.17) is 0 Å². The predicted octanol–water partition coefficient (Wildman–Crippen LogP) is 4.40. The molecule has 4 rings (SSSR count). The van der Waals surface area contributed by atoms with Crippen LogP contribution in [0, 0.1) is 0 Å². The highest BCUT2D eigenvalue weighted by Crippen LogP contribution is 2.25. The number of hydrogen-bond donors (Lipinski definition) is 2. The summed E-state index contributed by atoms with van der Waals surface area (Å²) in [6.45, 7) is 0. The van der Waals surface area contributed by atoms with Gasteiger partial charge in [-0.15, -0.1) is 22.7 Å². The molecule has 0 saturated heterocycles. The molecule has 0 bridgehead atoms. The fraction of sp³-hybridized carbons (Fsp3) is 0. The van der Waals surface area contributed by atoms with Crippen LogP contribution in [0.25, 0.3) is 27.8 Å². The number of aromatic amines is 1. The largest absolute Gasteiger partial charge is 0.337 e. The number of benzene rings is 1. The second kappa shape index (κ2) is 6.38. The molecule has 1 aromatic carbocycles. The molecule has 0 unspecified atom stereocenters. The van der Waals surface area contributed by atoms with Crippen molar-refractivity contribution >= 4 is 51.4 Å². The Bertz CT molecular complexity index is 1000. The maximum atomic E-state index is 12.0. The van der Waals surface area contributed by atoms with E-state index in [-0.39, 0.29) is 5.91 Å². The Kier molecular flexibility index (Phi) is 3.94. The van der Waals surface area contributed by atoms with E-state index >= 15 is 0 Å². The van der Waals surface area contributed by atoms with Gasteiger partial charge in [-0.2, -0.15) is 0 Å². The molecule has 3 heterocycles. The van der Waals surface area contributed by atoms with Crippen LogP contribution >= 0.6 is 22.7 Å². The lowest BCUT2D eigenvalue weighted by Gasteiger charge is -2.01. The number of thiazole rings is 1. The first-order valence-corrected chi connectivity index (χ1v) is 8.96. The third-order valence-electron chi connectivity index (χ3n) is 3.33. The minimum absolute atomic E-state index is 0.192. The van der Waals surface area contributed by atoms with Gasteiger partial charge in [-0.1, -0.05) is 6.07 Å². The number of fused-ring (bicyclic) bond motifs is 1. The van der Waals surface area contributed by atoms with Crippen LogP contribution in [0.3, 0.4) is 0 Å². The summed E-state index contributed by atoms with van der Waals surface area (Å²) in [6, 6.07) is 9.64. The van der Waals surface area contributed by atoms with Gasteiger partial charge in [0.25, 0.3) is 0 Å². The standard InChI is InChI=1S/C17H12N4OS2/c22-15(5-6-16-18-7-9-24-16)19-11-3-4-12-13(10-11)21-17(20-12)14-2-1-8-23-14/h1-10H,(H,19,22)(H,20,21)/b6-5+. The minimum Gasteiger partial charge on any atom is -0.337 e. The topological polar surface area (TPSA) is 70.7 Å². The molecule has 0 spiro atoms. The molecule has 0 atom stereocenters. The summed E-state index contributed by atoms with van der Waals surface area (Å²) < 4.78 is 0. The first-order valence-electron chi connectivity index (χ1n) is 7.20. The van der Waals surface area contributed by atoms with Crippen LogP contribution in [0.15, 0.2) is 53.4 Å². The van der Waals surface area contributed by atoms with Crippen LogP contribution in [0.1, 0.15) is 5.01 Å². The average Bonchev–Trinajstić information content (AvgIpc) is 3.32. The van der Waals surface area contributed by atoms with E-state index in [0.29, 0.717) is 0 Å². The smallest absolute Gasteiger partial charge is 0.248 e.